The molecule has 3 N–H and O–H groups in total. The summed E-state index contributed by atoms with van der Waals surface area (Å²) in [5.74, 6) is 0.411. The molecule has 0 aliphatic rings. The van der Waals surface area contributed by atoms with Crippen molar-refractivity contribution < 1.29 is 18.0 Å². The van der Waals surface area contributed by atoms with Crippen LogP contribution < -0.4 is 16.0 Å². The van der Waals surface area contributed by atoms with Gasteiger partial charge in [0.2, 0.25) is 5.95 Å². The lowest BCUT2D eigenvalue weighted by Gasteiger charge is -2.14. The molecule has 1 amide bonds. The smallest absolute Gasteiger partial charge is 0.324 e. The molecule has 0 aliphatic heterocycles. The van der Waals surface area contributed by atoms with Crippen LogP contribution in [0.4, 0.5) is 30.5 Å². The highest BCUT2D eigenvalue weighted by Crippen LogP contribution is 2.32. The van der Waals surface area contributed by atoms with Crippen LogP contribution in [0.15, 0.2) is 85.5 Å². The van der Waals surface area contributed by atoms with E-state index in [0.717, 1.165) is 17.7 Å². The van der Waals surface area contributed by atoms with Gasteiger partial charge in [-0.3, -0.25) is 14.8 Å². The van der Waals surface area contributed by atoms with Gasteiger partial charge in [-0.25, -0.2) is 4.98 Å². The molecule has 0 radical (unpaired) electrons. The van der Waals surface area contributed by atoms with E-state index in [4.69, 9.17) is 0 Å². The average Bonchev–Trinajstić information content (AvgIpc) is 2.98. The van der Waals surface area contributed by atoms with Gasteiger partial charge in [-0.05, 0) is 79.7 Å². The minimum absolute atomic E-state index is 0.0369. The first-order valence-corrected chi connectivity index (χ1v) is 12.8. The molecule has 5 aromatic rings. The van der Waals surface area contributed by atoms with Crippen LogP contribution in [0.1, 0.15) is 27.0 Å². The van der Waals surface area contributed by atoms with Crippen LogP contribution in [0.3, 0.4) is 0 Å². The number of anilines is 3. The number of halogens is 3. The van der Waals surface area contributed by atoms with Gasteiger partial charge >= 0.3 is 6.18 Å². The van der Waals surface area contributed by atoms with Crippen LogP contribution >= 0.6 is 0 Å². The lowest BCUT2D eigenvalue weighted by molar-refractivity contribution is -0.137. The van der Waals surface area contributed by atoms with Crippen molar-refractivity contribution in [2.24, 2.45) is 0 Å². The molecule has 5 rings (SSSR count). The van der Waals surface area contributed by atoms with Crippen LogP contribution in [0.5, 0.6) is 0 Å². The molecule has 0 fully saturated rings. The molecule has 2 aromatic carbocycles. The second-order valence-corrected chi connectivity index (χ2v) is 9.35. The Labute approximate surface area is 239 Å². The van der Waals surface area contributed by atoms with Crippen molar-refractivity contribution in [2.75, 3.05) is 17.7 Å². The van der Waals surface area contributed by atoms with Crippen molar-refractivity contribution in [3.05, 3.63) is 108 Å². The first kappa shape index (κ1) is 28.3. The highest BCUT2D eigenvalue weighted by molar-refractivity contribution is 6.05. The average molecular weight is 571 g/mol. The van der Waals surface area contributed by atoms with Crippen LogP contribution in [0.25, 0.3) is 22.8 Å². The van der Waals surface area contributed by atoms with E-state index in [0.29, 0.717) is 34.0 Å². The molecule has 9 nitrogen and oxygen atoms in total. The highest BCUT2D eigenvalue weighted by atomic mass is 19.4. The standard InChI is InChI=1S/C30H25F3N8O/c1-18-7-8-20(28(42)37-24-12-19(15-34-2)11-23(14-24)30(31,32)33)13-25(18)38-29-40-26(21-5-3-9-35-16-21)39-27(41-29)22-6-4-10-36-17-22/h3-14,16-17,34H,15H2,1-2H3,(H,37,42)(H,38,39,40,41). The zero-order valence-corrected chi connectivity index (χ0v) is 22.6. The Morgan fingerprint density at radius 3 is 2.10 bits per heavy atom. The van der Waals surface area contributed by atoms with E-state index in [1.807, 2.05) is 19.1 Å². The van der Waals surface area contributed by atoms with E-state index >= 15 is 0 Å². The number of benzene rings is 2. The van der Waals surface area contributed by atoms with E-state index in [-0.39, 0.29) is 23.7 Å². The summed E-state index contributed by atoms with van der Waals surface area (Å²) in [5.41, 5.74) is 2.47. The summed E-state index contributed by atoms with van der Waals surface area (Å²) in [7, 11) is 1.63. The minimum atomic E-state index is -4.56. The van der Waals surface area contributed by atoms with E-state index in [1.54, 1.807) is 62.2 Å². The molecule has 12 heteroatoms. The Morgan fingerprint density at radius 2 is 1.52 bits per heavy atom. The number of hydrogen-bond donors (Lipinski definition) is 3. The number of aromatic nitrogens is 5. The number of rotatable bonds is 8. The molecule has 0 saturated heterocycles. The maximum Gasteiger partial charge on any atom is 0.416 e. The van der Waals surface area contributed by atoms with Gasteiger partial charge in [0.15, 0.2) is 11.6 Å². The summed E-state index contributed by atoms with van der Waals surface area (Å²) >= 11 is 0. The molecule has 0 atom stereocenters. The van der Waals surface area contributed by atoms with Crippen molar-refractivity contribution in [3.63, 3.8) is 0 Å². The number of aryl methyl sites for hydroxylation is 1. The van der Waals surface area contributed by atoms with Crippen LogP contribution in [-0.4, -0.2) is 37.9 Å². The highest BCUT2D eigenvalue weighted by Gasteiger charge is 2.31. The topological polar surface area (TPSA) is 118 Å². The molecule has 0 aliphatic carbocycles. The molecule has 0 spiro atoms. The van der Waals surface area contributed by atoms with Crippen molar-refractivity contribution in [1.82, 2.24) is 30.2 Å². The zero-order chi connectivity index (χ0) is 29.7. The Kier molecular flexibility index (Phi) is 8.16. The first-order valence-electron chi connectivity index (χ1n) is 12.8. The Morgan fingerprint density at radius 1 is 0.857 bits per heavy atom. The van der Waals surface area contributed by atoms with Gasteiger partial charge in [0.25, 0.3) is 5.91 Å². The van der Waals surface area contributed by atoms with Crippen molar-refractivity contribution in [1.29, 1.82) is 0 Å². The maximum atomic E-state index is 13.5. The number of pyridine rings is 2. The number of nitrogens with zero attached hydrogens (tertiary/aromatic N) is 5. The third-order valence-electron chi connectivity index (χ3n) is 6.18. The SMILES string of the molecule is CNCc1cc(NC(=O)c2ccc(C)c(Nc3nc(-c4cccnc4)nc(-c4cccnc4)n3)c2)cc(C(F)(F)F)c1. The Balaban J connectivity index is 1.46. The summed E-state index contributed by atoms with van der Waals surface area (Å²) in [6, 6.07) is 15.6. The molecule has 0 bridgehead atoms. The predicted octanol–water partition coefficient (Wildman–Crippen LogP) is 6.04. The van der Waals surface area contributed by atoms with Gasteiger partial charge < -0.3 is 16.0 Å². The summed E-state index contributed by atoms with van der Waals surface area (Å²) in [6.45, 7) is 2.05. The molecule has 0 unspecified atom stereocenters. The molecular formula is C30H25F3N8O. The van der Waals surface area contributed by atoms with Gasteiger partial charge in [0, 0.05) is 59.4 Å². The van der Waals surface area contributed by atoms with Crippen molar-refractivity contribution in [2.45, 2.75) is 19.6 Å². The van der Waals surface area contributed by atoms with Gasteiger partial charge in [0.1, 0.15) is 0 Å². The van der Waals surface area contributed by atoms with Gasteiger partial charge in [-0.2, -0.15) is 23.1 Å². The molecular weight excluding hydrogens is 545 g/mol. The fraction of sp³-hybridized carbons (Fsp3) is 0.133. The number of hydrogen-bond acceptors (Lipinski definition) is 8. The van der Waals surface area contributed by atoms with Crippen molar-refractivity contribution in [3.8, 4) is 22.8 Å². The molecule has 3 aromatic heterocycles. The summed E-state index contributed by atoms with van der Waals surface area (Å²) in [6.07, 6.45) is 2.01. The molecule has 42 heavy (non-hydrogen) atoms. The quantitative estimate of drug-likeness (QED) is 0.207. The maximum absolute atomic E-state index is 13.5. The summed E-state index contributed by atoms with van der Waals surface area (Å²) in [4.78, 5) is 35.1. The number of alkyl halides is 3. The van der Waals surface area contributed by atoms with Gasteiger partial charge in [-0.15, -0.1) is 0 Å². The normalized spacial score (nSPS) is 11.3. The zero-order valence-electron chi connectivity index (χ0n) is 22.6. The third-order valence-corrected chi connectivity index (χ3v) is 6.18. The Hall–Kier alpha value is -5.23. The summed E-state index contributed by atoms with van der Waals surface area (Å²) in [5, 5.41) is 8.59. The second-order valence-electron chi connectivity index (χ2n) is 9.35. The fourth-order valence-corrected chi connectivity index (χ4v) is 4.14. The second kappa shape index (κ2) is 12.1. The summed E-state index contributed by atoms with van der Waals surface area (Å²) < 4.78 is 40.4. The molecule has 0 saturated carbocycles. The third kappa shape index (κ3) is 6.73. The largest absolute Gasteiger partial charge is 0.416 e. The number of carbonyl (C=O) groups excluding carboxylic acids is 1. The van der Waals surface area contributed by atoms with Crippen LogP contribution in [0, 0.1) is 6.92 Å². The van der Waals surface area contributed by atoms with Crippen molar-refractivity contribution >= 4 is 23.2 Å². The first-order chi connectivity index (χ1) is 20.2. The molecule has 3 heterocycles. The lowest BCUT2D eigenvalue weighted by atomic mass is 10.1. The molecule has 212 valence electrons. The van der Waals surface area contributed by atoms with E-state index in [9.17, 15) is 18.0 Å². The minimum Gasteiger partial charge on any atom is -0.324 e. The number of nitrogens with one attached hydrogen (secondary N) is 3. The van der Waals surface area contributed by atoms with Gasteiger partial charge in [0.05, 0.1) is 5.56 Å². The van der Waals surface area contributed by atoms with Crippen LogP contribution in [-0.2, 0) is 12.7 Å². The lowest BCUT2D eigenvalue weighted by Crippen LogP contribution is -2.15. The van der Waals surface area contributed by atoms with E-state index in [1.165, 1.54) is 6.07 Å². The van der Waals surface area contributed by atoms with E-state index in [2.05, 4.69) is 40.9 Å². The van der Waals surface area contributed by atoms with Crippen LogP contribution in [0.2, 0.25) is 0 Å². The number of amides is 1. The van der Waals surface area contributed by atoms with Gasteiger partial charge in [-0.1, -0.05) is 6.07 Å². The predicted molar refractivity (Wildman–Crippen MR) is 153 cm³/mol. The number of carbonyl (C=O) groups is 1. The van der Waals surface area contributed by atoms with E-state index < -0.39 is 17.6 Å². The monoisotopic (exact) mass is 570 g/mol. The Bertz CT molecular complexity index is 1660. The fourth-order valence-electron chi connectivity index (χ4n) is 4.14.